The summed E-state index contributed by atoms with van der Waals surface area (Å²) in [6.07, 6.45) is 8.28. The zero-order chi connectivity index (χ0) is 18.8. The summed E-state index contributed by atoms with van der Waals surface area (Å²) in [4.78, 5) is 12.1. The van der Waals surface area contributed by atoms with Crippen molar-refractivity contribution >= 4 is 15.9 Å². The van der Waals surface area contributed by atoms with E-state index in [0.29, 0.717) is 19.3 Å². The van der Waals surface area contributed by atoms with Crippen LogP contribution in [0.5, 0.6) is 0 Å². The molecule has 1 fully saturated rings. The fourth-order valence-corrected chi connectivity index (χ4v) is 3.81. The molecule has 7 heteroatoms. The lowest BCUT2D eigenvalue weighted by Gasteiger charge is -2.22. The number of amides is 1. The zero-order valence-electron chi connectivity index (χ0n) is 15.5. The van der Waals surface area contributed by atoms with Crippen LogP contribution in [0.2, 0.25) is 0 Å². The van der Waals surface area contributed by atoms with Crippen LogP contribution < -0.4 is 5.32 Å². The highest BCUT2D eigenvalue weighted by Gasteiger charge is 2.20. The van der Waals surface area contributed by atoms with Gasteiger partial charge in [0, 0.05) is 19.7 Å². The zero-order valence-corrected chi connectivity index (χ0v) is 16.3. The minimum absolute atomic E-state index is 0.169. The highest BCUT2D eigenvalue weighted by atomic mass is 32.2. The maximum atomic E-state index is 12.1. The third-order valence-electron chi connectivity index (χ3n) is 4.54. The summed E-state index contributed by atoms with van der Waals surface area (Å²) in [6, 6.07) is 9.26. The Morgan fingerprint density at radius 3 is 2.54 bits per heavy atom. The Kier molecular flexibility index (Phi) is 8.54. The number of hydrogen-bond donors (Lipinski definition) is 1. The molecule has 0 saturated heterocycles. The monoisotopic (exact) mass is 382 g/mol. The average Bonchev–Trinajstić information content (AvgIpc) is 2.62. The highest BCUT2D eigenvalue weighted by molar-refractivity contribution is 7.88. The van der Waals surface area contributed by atoms with E-state index in [9.17, 15) is 13.2 Å². The molecular formula is C19H30N2O4S. The molecule has 1 aliphatic carbocycles. The summed E-state index contributed by atoms with van der Waals surface area (Å²) < 4.78 is 30.9. The summed E-state index contributed by atoms with van der Waals surface area (Å²) in [6.45, 7) is 1.15. The summed E-state index contributed by atoms with van der Waals surface area (Å²) in [7, 11) is -3.46. The molecular weight excluding hydrogens is 352 g/mol. The number of ether oxygens (including phenoxy) is 1. The second-order valence-corrected chi connectivity index (χ2v) is 8.83. The Balaban J connectivity index is 1.69. The minimum Gasteiger partial charge on any atom is -0.378 e. The molecule has 0 aromatic heterocycles. The number of rotatable bonds is 10. The van der Waals surface area contributed by atoms with Crippen molar-refractivity contribution < 1.29 is 17.9 Å². The Bertz CT molecular complexity index is 643. The molecule has 1 aromatic carbocycles. The number of nitrogens with zero attached hydrogens (tertiary/aromatic N) is 1. The topological polar surface area (TPSA) is 75.7 Å². The first-order valence-corrected chi connectivity index (χ1v) is 11.2. The third-order valence-corrected chi connectivity index (χ3v) is 5.74. The van der Waals surface area contributed by atoms with Gasteiger partial charge in [-0.3, -0.25) is 4.79 Å². The van der Waals surface area contributed by atoms with Gasteiger partial charge in [0.15, 0.2) is 0 Å². The van der Waals surface area contributed by atoms with Gasteiger partial charge in [-0.2, -0.15) is 4.31 Å². The summed E-state index contributed by atoms with van der Waals surface area (Å²) in [5.74, 6) is -0.288. The molecule has 0 aliphatic heterocycles. The molecule has 0 atom stereocenters. The number of hydrogen-bond acceptors (Lipinski definition) is 4. The molecule has 6 nitrogen and oxygen atoms in total. The first kappa shape index (κ1) is 20.9. The van der Waals surface area contributed by atoms with Gasteiger partial charge in [0.2, 0.25) is 15.9 Å². The van der Waals surface area contributed by atoms with Crippen LogP contribution >= 0.6 is 0 Å². The van der Waals surface area contributed by atoms with Gasteiger partial charge < -0.3 is 10.1 Å². The molecule has 1 saturated carbocycles. The highest BCUT2D eigenvalue weighted by Crippen LogP contribution is 2.20. The van der Waals surface area contributed by atoms with Crippen LogP contribution in [0.1, 0.15) is 44.1 Å². The molecule has 26 heavy (non-hydrogen) atoms. The van der Waals surface area contributed by atoms with Crippen LogP contribution in [0.15, 0.2) is 30.3 Å². The summed E-state index contributed by atoms with van der Waals surface area (Å²) in [5, 5.41) is 2.78. The quantitative estimate of drug-likeness (QED) is 0.630. The van der Waals surface area contributed by atoms with E-state index in [0.717, 1.165) is 31.1 Å². The van der Waals surface area contributed by atoms with Crippen molar-refractivity contribution in [2.24, 2.45) is 0 Å². The van der Waals surface area contributed by atoms with Gasteiger partial charge in [0.25, 0.3) is 0 Å². The first-order chi connectivity index (χ1) is 12.4. The fourth-order valence-electron chi connectivity index (χ4n) is 3.08. The van der Waals surface area contributed by atoms with E-state index < -0.39 is 10.0 Å². The van der Waals surface area contributed by atoms with E-state index in [-0.39, 0.29) is 19.0 Å². The van der Waals surface area contributed by atoms with Gasteiger partial charge in [-0.15, -0.1) is 0 Å². The average molecular weight is 383 g/mol. The predicted octanol–water partition coefficient (Wildman–Crippen LogP) is 2.30. The van der Waals surface area contributed by atoms with E-state index in [1.807, 2.05) is 30.3 Å². The van der Waals surface area contributed by atoms with Crippen molar-refractivity contribution in [2.75, 3.05) is 26.0 Å². The Morgan fingerprint density at radius 1 is 1.19 bits per heavy atom. The molecule has 1 N–H and O–H groups in total. The molecule has 0 radical (unpaired) electrons. The normalized spacial score (nSPS) is 15.9. The SMILES string of the molecule is CS(=O)(=O)N(CC(=O)NCCCOC1CCCCC1)Cc1ccccc1. The minimum atomic E-state index is -3.46. The van der Waals surface area contributed by atoms with Crippen LogP contribution in [0.4, 0.5) is 0 Å². The van der Waals surface area contributed by atoms with Gasteiger partial charge in [-0.05, 0) is 24.8 Å². The standard InChI is InChI=1S/C19H30N2O4S/c1-26(23,24)21(15-17-9-4-2-5-10-17)16-19(22)20-13-8-14-25-18-11-6-3-7-12-18/h2,4-5,9-10,18H,3,6-8,11-16H2,1H3,(H,20,22). The Labute approximate surface area is 157 Å². The maximum Gasteiger partial charge on any atom is 0.235 e. The van der Waals surface area contributed by atoms with Crippen molar-refractivity contribution in [3.05, 3.63) is 35.9 Å². The van der Waals surface area contributed by atoms with Crippen molar-refractivity contribution in [1.29, 1.82) is 0 Å². The second-order valence-electron chi connectivity index (χ2n) is 6.85. The number of sulfonamides is 1. The van der Waals surface area contributed by atoms with E-state index in [1.165, 1.54) is 23.6 Å². The van der Waals surface area contributed by atoms with Crippen molar-refractivity contribution in [1.82, 2.24) is 9.62 Å². The summed E-state index contributed by atoms with van der Waals surface area (Å²) >= 11 is 0. The third kappa shape index (κ3) is 7.85. The van der Waals surface area contributed by atoms with Crippen LogP contribution in [0, 0.1) is 0 Å². The molecule has 146 valence electrons. The fraction of sp³-hybridized carbons (Fsp3) is 0.632. The van der Waals surface area contributed by atoms with E-state index in [2.05, 4.69) is 5.32 Å². The second kappa shape index (κ2) is 10.6. The van der Waals surface area contributed by atoms with Gasteiger partial charge in [-0.1, -0.05) is 49.6 Å². The molecule has 1 aliphatic rings. The Morgan fingerprint density at radius 2 is 1.88 bits per heavy atom. The lowest BCUT2D eigenvalue weighted by atomic mass is 9.98. The molecule has 1 amide bonds. The lowest BCUT2D eigenvalue weighted by Crippen LogP contribution is -2.40. The van der Waals surface area contributed by atoms with Crippen LogP contribution in [-0.2, 0) is 26.1 Å². The van der Waals surface area contributed by atoms with E-state index in [4.69, 9.17) is 4.74 Å². The van der Waals surface area contributed by atoms with Gasteiger partial charge >= 0.3 is 0 Å². The molecule has 0 heterocycles. The largest absolute Gasteiger partial charge is 0.378 e. The van der Waals surface area contributed by atoms with Gasteiger partial charge in [-0.25, -0.2) is 8.42 Å². The number of carbonyl (C=O) groups excluding carboxylic acids is 1. The lowest BCUT2D eigenvalue weighted by molar-refractivity contribution is -0.121. The molecule has 2 rings (SSSR count). The van der Waals surface area contributed by atoms with Crippen LogP contribution in [-0.4, -0.2) is 50.7 Å². The molecule has 0 bridgehead atoms. The van der Waals surface area contributed by atoms with Gasteiger partial charge in [0.1, 0.15) is 0 Å². The summed E-state index contributed by atoms with van der Waals surface area (Å²) in [5.41, 5.74) is 0.853. The number of nitrogens with one attached hydrogen (secondary N) is 1. The van der Waals surface area contributed by atoms with E-state index >= 15 is 0 Å². The first-order valence-electron chi connectivity index (χ1n) is 9.32. The predicted molar refractivity (Wildman–Crippen MR) is 102 cm³/mol. The van der Waals surface area contributed by atoms with Crippen molar-refractivity contribution in [3.63, 3.8) is 0 Å². The van der Waals surface area contributed by atoms with Crippen LogP contribution in [0.3, 0.4) is 0 Å². The molecule has 0 spiro atoms. The van der Waals surface area contributed by atoms with Crippen molar-refractivity contribution in [3.8, 4) is 0 Å². The smallest absolute Gasteiger partial charge is 0.235 e. The number of benzene rings is 1. The van der Waals surface area contributed by atoms with Gasteiger partial charge in [0.05, 0.1) is 18.9 Å². The molecule has 0 unspecified atom stereocenters. The van der Waals surface area contributed by atoms with E-state index in [1.54, 1.807) is 0 Å². The Hall–Kier alpha value is -1.44. The number of carbonyl (C=O) groups is 1. The van der Waals surface area contributed by atoms with Crippen LogP contribution in [0.25, 0.3) is 0 Å². The molecule has 1 aromatic rings. The van der Waals surface area contributed by atoms with Crippen molar-refractivity contribution in [2.45, 2.75) is 51.2 Å². The maximum absolute atomic E-state index is 12.1.